The predicted molar refractivity (Wildman–Crippen MR) is 128 cm³/mol. The first-order chi connectivity index (χ1) is 16.8. The third-order valence-electron chi connectivity index (χ3n) is 4.80. The first-order valence-electron chi connectivity index (χ1n) is 10.5. The molecule has 0 spiro atoms. The summed E-state index contributed by atoms with van der Waals surface area (Å²) in [6.45, 7) is 3.44. The molecule has 0 unspecified atom stereocenters. The number of carbonyl (C=O) groups is 3. The van der Waals surface area contributed by atoms with Crippen molar-refractivity contribution in [1.82, 2.24) is 0 Å². The third kappa shape index (κ3) is 5.58. The van der Waals surface area contributed by atoms with E-state index in [1.54, 1.807) is 38.1 Å². The normalized spacial score (nSPS) is 10.7. The molecular formula is C24H20N2O8S. The average Bonchev–Trinajstić information content (AvgIpc) is 3.47. The number of benzene rings is 1. The zero-order valence-electron chi connectivity index (χ0n) is 18.7. The number of nitrogens with one attached hydrogen (secondary N) is 2. The molecule has 4 rings (SSSR count). The molecule has 3 aromatic heterocycles. The Labute approximate surface area is 202 Å². The number of carbonyl (C=O) groups excluding carboxylic acids is 3. The van der Waals surface area contributed by atoms with Crippen LogP contribution in [0.4, 0.5) is 15.5 Å². The molecule has 2 amide bonds. The highest BCUT2D eigenvalue weighted by Crippen LogP contribution is 2.29. The van der Waals surface area contributed by atoms with Crippen molar-refractivity contribution in [2.24, 2.45) is 0 Å². The van der Waals surface area contributed by atoms with Crippen LogP contribution in [-0.2, 0) is 16.1 Å². The summed E-state index contributed by atoms with van der Waals surface area (Å²) < 4.78 is 20.6. The van der Waals surface area contributed by atoms with Crippen LogP contribution in [0.15, 0.2) is 62.4 Å². The van der Waals surface area contributed by atoms with E-state index in [-0.39, 0.29) is 24.6 Å². The van der Waals surface area contributed by atoms with Crippen LogP contribution < -0.4 is 16.3 Å². The fraction of sp³-hybridized carbons (Fsp3) is 0.167. The number of rotatable bonds is 7. The third-order valence-corrected chi connectivity index (χ3v) is 5.93. The lowest BCUT2D eigenvalue weighted by atomic mass is 10.1. The van der Waals surface area contributed by atoms with Crippen LogP contribution in [0, 0.1) is 6.92 Å². The van der Waals surface area contributed by atoms with Gasteiger partial charge in [0.15, 0.2) is 5.76 Å². The van der Waals surface area contributed by atoms with Gasteiger partial charge in [-0.3, -0.25) is 10.1 Å². The summed E-state index contributed by atoms with van der Waals surface area (Å²) in [7, 11) is 0. The minimum atomic E-state index is -0.634. The van der Waals surface area contributed by atoms with Gasteiger partial charge >= 0.3 is 17.7 Å². The number of anilines is 2. The molecule has 0 bridgehead atoms. The van der Waals surface area contributed by atoms with Gasteiger partial charge in [0.1, 0.15) is 17.1 Å². The van der Waals surface area contributed by atoms with Gasteiger partial charge in [-0.05, 0) is 49.7 Å². The lowest BCUT2D eigenvalue weighted by molar-refractivity contribution is 0.0478. The second-order valence-electron chi connectivity index (χ2n) is 7.28. The Morgan fingerprint density at radius 2 is 1.89 bits per heavy atom. The number of aryl methyl sites for hydroxylation is 1. The molecular weight excluding hydrogens is 476 g/mol. The minimum absolute atomic E-state index is 0.149. The number of hydrogen-bond donors (Lipinski definition) is 2. The number of amides is 2. The first kappa shape index (κ1) is 23.8. The number of esters is 1. The molecule has 4 aromatic rings. The molecule has 1 aromatic carbocycles. The molecule has 0 saturated heterocycles. The second kappa shape index (κ2) is 10.3. The quantitative estimate of drug-likeness (QED) is 0.271. The van der Waals surface area contributed by atoms with Crippen LogP contribution in [0.2, 0.25) is 0 Å². The van der Waals surface area contributed by atoms with Gasteiger partial charge in [0, 0.05) is 28.8 Å². The van der Waals surface area contributed by atoms with Crippen molar-refractivity contribution in [2.75, 3.05) is 17.2 Å². The van der Waals surface area contributed by atoms with Gasteiger partial charge in [-0.2, -0.15) is 0 Å². The number of hydrogen-bond acceptors (Lipinski definition) is 9. The maximum absolute atomic E-state index is 12.7. The molecule has 0 aliphatic heterocycles. The van der Waals surface area contributed by atoms with Crippen LogP contribution in [0.1, 0.15) is 38.3 Å². The largest absolute Gasteiger partial charge is 0.459 e. The monoisotopic (exact) mass is 496 g/mol. The van der Waals surface area contributed by atoms with Gasteiger partial charge in [0.2, 0.25) is 0 Å². The SMILES string of the molecule is CCOC(=O)Nc1ccc2c(COC(=O)c3sc(NC(=O)c4ccco4)cc3C)cc(=O)oc2c1. The molecule has 0 atom stereocenters. The van der Waals surface area contributed by atoms with Crippen molar-refractivity contribution in [3.63, 3.8) is 0 Å². The highest BCUT2D eigenvalue weighted by atomic mass is 32.1. The second-order valence-corrected chi connectivity index (χ2v) is 8.33. The molecule has 0 aliphatic carbocycles. The van der Waals surface area contributed by atoms with E-state index < -0.39 is 23.6 Å². The summed E-state index contributed by atoms with van der Waals surface area (Å²) >= 11 is 1.07. The summed E-state index contributed by atoms with van der Waals surface area (Å²) in [4.78, 5) is 48.9. The van der Waals surface area contributed by atoms with Crippen molar-refractivity contribution in [3.8, 4) is 0 Å². The van der Waals surface area contributed by atoms with E-state index >= 15 is 0 Å². The molecule has 180 valence electrons. The number of furan rings is 1. The number of ether oxygens (including phenoxy) is 2. The smallest absolute Gasteiger partial charge is 0.411 e. The summed E-state index contributed by atoms with van der Waals surface area (Å²) in [6.07, 6.45) is 0.758. The van der Waals surface area contributed by atoms with E-state index in [0.29, 0.717) is 32.1 Å². The molecule has 11 heteroatoms. The summed E-state index contributed by atoms with van der Waals surface area (Å²) in [5.41, 5.74) is 1.03. The first-order valence-corrected chi connectivity index (χ1v) is 11.3. The van der Waals surface area contributed by atoms with Crippen molar-refractivity contribution in [2.45, 2.75) is 20.5 Å². The maximum Gasteiger partial charge on any atom is 0.411 e. The lowest BCUT2D eigenvalue weighted by Gasteiger charge is -2.09. The Balaban J connectivity index is 1.47. The number of thiophene rings is 1. The molecule has 35 heavy (non-hydrogen) atoms. The van der Waals surface area contributed by atoms with Gasteiger partial charge < -0.3 is 23.6 Å². The topological polar surface area (TPSA) is 137 Å². The fourth-order valence-corrected chi connectivity index (χ4v) is 4.21. The van der Waals surface area contributed by atoms with Crippen LogP contribution in [-0.4, -0.2) is 24.6 Å². The molecule has 0 saturated carbocycles. The molecule has 0 fully saturated rings. The summed E-state index contributed by atoms with van der Waals surface area (Å²) in [6, 6.07) is 10.8. The van der Waals surface area contributed by atoms with Gasteiger partial charge in [0.05, 0.1) is 17.9 Å². The zero-order chi connectivity index (χ0) is 24.9. The standard InChI is InChI=1S/C24H20N2O8S/c1-3-31-24(30)25-15-6-7-16-14(10-20(27)34-18(16)11-15)12-33-23(29)21-13(2)9-19(35-21)26-22(28)17-5-4-8-32-17/h4-11H,3,12H2,1-2H3,(H,25,30)(H,26,28). The maximum atomic E-state index is 12.7. The van der Waals surface area contributed by atoms with E-state index in [9.17, 15) is 19.2 Å². The van der Waals surface area contributed by atoms with Crippen molar-refractivity contribution in [3.05, 3.63) is 80.9 Å². The highest BCUT2D eigenvalue weighted by molar-refractivity contribution is 7.18. The van der Waals surface area contributed by atoms with Crippen molar-refractivity contribution < 1.29 is 32.7 Å². The zero-order valence-corrected chi connectivity index (χ0v) is 19.5. The van der Waals surface area contributed by atoms with E-state index in [4.69, 9.17) is 18.3 Å². The molecule has 0 aliphatic rings. The average molecular weight is 496 g/mol. The molecule has 10 nitrogen and oxygen atoms in total. The Morgan fingerprint density at radius 1 is 1.06 bits per heavy atom. The Morgan fingerprint density at radius 3 is 2.63 bits per heavy atom. The van der Waals surface area contributed by atoms with Crippen LogP contribution in [0.5, 0.6) is 0 Å². The molecule has 0 radical (unpaired) electrons. The van der Waals surface area contributed by atoms with Gasteiger partial charge in [0.25, 0.3) is 5.91 Å². The molecule has 3 heterocycles. The minimum Gasteiger partial charge on any atom is -0.459 e. The van der Waals surface area contributed by atoms with Gasteiger partial charge in [-0.25, -0.2) is 14.4 Å². The van der Waals surface area contributed by atoms with Crippen LogP contribution in [0.25, 0.3) is 11.0 Å². The van der Waals surface area contributed by atoms with E-state index in [1.165, 1.54) is 24.5 Å². The van der Waals surface area contributed by atoms with Gasteiger partial charge in [-0.1, -0.05) is 0 Å². The van der Waals surface area contributed by atoms with Crippen LogP contribution >= 0.6 is 11.3 Å². The number of fused-ring (bicyclic) bond motifs is 1. The van der Waals surface area contributed by atoms with Crippen molar-refractivity contribution >= 4 is 51.0 Å². The van der Waals surface area contributed by atoms with E-state index in [2.05, 4.69) is 10.6 Å². The Bertz CT molecular complexity index is 1450. The van der Waals surface area contributed by atoms with Crippen LogP contribution in [0.3, 0.4) is 0 Å². The van der Waals surface area contributed by atoms with E-state index in [1.807, 2.05) is 0 Å². The highest BCUT2D eigenvalue weighted by Gasteiger charge is 2.19. The Kier molecular flexibility index (Phi) is 6.97. The Hall–Kier alpha value is -4.38. The lowest BCUT2D eigenvalue weighted by Crippen LogP contribution is -2.13. The predicted octanol–water partition coefficient (Wildman–Crippen LogP) is 4.93. The van der Waals surface area contributed by atoms with Gasteiger partial charge in [-0.15, -0.1) is 11.3 Å². The summed E-state index contributed by atoms with van der Waals surface area (Å²) in [5.74, 6) is -0.890. The van der Waals surface area contributed by atoms with E-state index in [0.717, 1.165) is 11.3 Å². The molecule has 2 N–H and O–H groups in total. The van der Waals surface area contributed by atoms with Crippen molar-refractivity contribution in [1.29, 1.82) is 0 Å². The summed E-state index contributed by atoms with van der Waals surface area (Å²) in [5, 5.41) is 6.22. The fourth-order valence-electron chi connectivity index (χ4n) is 3.25.